The van der Waals surface area contributed by atoms with Gasteiger partial charge in [0.2, 0.25) is 10.8 Å². The molecule has 3 aromatic carbocycles. The summed E-state index contributed by atoms with van der Waals surface area (Å²) in [4.78, 5) is 28.9. The minimum Gasteiger partial charge on any atom is -0.304 e. The molecule has 2 aliphatic heterocycles. The predicted molar refractivity (Wildman–Crippen MR) is 122 cm³/mol. The number of fused-ring (bicyclic) bond motifs is 2. The van der Waals surface area contributed by atoms with Crippen LogP contribution in [0.4, 0.5) is 15.8 Å². The molecule has 1 saturated heterocycles. The van der Waals surface area contributed by atoms with Crippen molar-refractivity contribution in [3.63, 3.8) is 0 Å². The second-order valence-electron chi connectivity index (χ2n) is 7.61. The van der Waals surface area contributed by atoms with E-state index in [2.05, 4.69) is 0 Å². The molecule has 0 aromatic heterocycles. The number of hydrogen-bond donors (Lipinski definition) is 0. The molecule has 31 heavy (non-hydrogen) atoms. The van der Waals surface area contributed by atoms with Crippen LogP contribution < -0.4 is 9.80 Å². The van der Waals surface area contributed by atoms with E-state index in [0.29, 0.717) is 11.4 Å². The molecule has 1 fully saturated rings. The first kappa shape index (κ1) is 20.1. The third-order valence-corrected chi connectivity index (χ3v) is 7.47. The Morgan fingerprint density at radius 2 is 1.77 bits per heavy atom. The van der Waals surface area contributed by atoms with Crippen LogP contribution in [0.15, 0.2) is 66.7 Å². The Hall–Kier alpha value is -2.83. The highest BCUT2D eigenvalue weighted by molar-refractivity contribution is 8.02. The number of anilines is 2. The van der Waals surface area contributed by atoms with E-state index in [9.17, 15) is 14.0 Å². The van der Waals surface area contributed by atoms with Crippen LogP contribution in [-0.4, -0.2) is 17.6 Å². The molecule has 5 rings (SSSR count). The Bertz CT molecular complexity index is 1200. The van der Waals surface area contributed by atoms with E-state index < -0.39 is 10.7 Å². The van der Waals surface area contributed by atoms with Crippen LogP contribution in [0.3, 0.4) is 0 Å². The van der Waals surface area contributed by atoms with E-state index in [1.54, 1.807) is 11.0 Å². The average molecular weight is 453 g/mol. The van der Waals surface area contributed by atoms with Crippen molar-refractivity contribution < 1.29 is 14.0 Å². The van der Waals surface area contributed by atoms with Crippen molar-refractivity contribution in [1.29, 1.82) is 0 Å². The standard InChI is InChI=1S/C24H18ClFN2O2S/c1-15-9-11-16(12-10-15)28-22(29)14-31-24(28)18-5-2-3-8-21(18)27(23(24)30)13-17-19(25)6-4-7-20(17)26/h2-12H,13-14H2,1H3/t24-/m1/s1. The van der Waals surface area contributed by atoms with Crippen molar-refractivity contribution in [3.8, 4) is 0 Å². The molecule has 0 N–H and O–H groups in total. The fraction of sp³-hybridized carbons (Fsp3) is 0.167. The van der Waals surface area contributed by atoms with Crippen LogP contribution in [0.25, 0.3) is 0 Å². The normalized spacial score (nSPS) is 20.1. The number of amides is 2. The van der Waals surface area contributed by atoms with Crippen LogP contribution in [0.2, 0.25) is 5.02 Å². The smallest absolute Gasteiger partial charge is 0.269 e. The molecule has 3 aromatic rings. The lowest BCUT2D eigenvalue weighted by Gasteiger charge is -2.33. The first-order valence-corrected chi connectivity index (χ1v) is 11.2. The van der Waals surface area contributed by atoms with Crippen LogP contribution >= 0.6 is 23.4 Å². The Morgan fingerprint density at radius 3 is 2.52 bits per heavy atom. The summed E-state index contributed by atoms with van der Waals surface area (Å²) in [6.45, 7) is 1.95. The summed E-state index contributed by atoms with van der Waals surface area (Å²) in [5.74, 6) is -0.695. The molecule has 1 atom stereocenters. The van der Waals surface area contributed by atoms with Gasteiger partial charge in [-0.3, -0.25) is 14.5 Å². The van der Waals surface area contributed by atoms with E-state index in [1.165, 1.54) is 28.8 Å². The molecule has 2 heterocycles. The monoisotopic (exact) mass is 452 g/mol. The fourth-order valence-corrected chi connectivity index (χ4v) is 5.83. The molecule has 2 aliphatic rings. The lowest BCUT2D eigenvalue weighted by molar-refractivity contribution is -0.123. The minimum atomic E-state index is -1.22. The van der Waals surface area contributed by atoms with Crippen molar-refractivity contribution in [2.75, 3.05) is 15.6 Å². The number of benzene rings is 3. The highest BCUT2D eigenvalue weighted by Gasteiger charge is 2.61. The van der Waals surface area contributed by atoms with E-state index in [1.807, 2.05) is 55.5 Å². The van der Waals surface area contributed by atoms with Crippen molar-refractivity contribution >= 4 is 46.6 Å². The summed E-state index contributed by atoms with van der Waals surface area (Å²) in [5, 5.41) is 0.261. The number of rotatable bonds is 3. The van der Waals surface area contributed by atoms with E-state index in [-0.39, 0.29) is 34.7 Å². The summed E-state index contributed by atoms with van der Waals surface area (Å²) in [5.41, 5.74) is 3.36. The Kier molecular flexibility index (Phi) is 4.79. The molecule has 0 saturated carbocycles. The maximum Gasteiger partial charge on any atom is 0.269 e. The number of para-hydroxylation sites is 1. The van der Waals surface area contributed by atoms with Crippen molar-refractivity contribution in [1.82, 2.24) is 0 Å². The Labute approximate surface area is 188 Å². The van der Waals surface area contributed by atoms with Gasteiger partial charge in [-0.05, 0) is 37.3 Å². The second-order valence-corrected chi connectivity index (χ2v) is 9.18. The van der Waals surface area contributed by atoms with Gasteiger partial charge in [0.1, 0.15) is 5.82 Å². The van der Waals surface area contributed by atoms with Crippen molar-refractivity contribution in [2.45, 2.75) is 18.3 Å². The van der Waals surface area contributed by atoms with Crippen LogP contribution in [-0.2, 0) is 21.0 Å². The average Bonchev–Trinajstić information content (AvgIpc) is 3.22. The highest BCUT2D eigenvalue weighted by atomic mass is 35.5. The number of carbonyl (C=O) groups excluding carboxylic acids is 2. The molecule has 0 bridgehead atoms. The van der Waals surface area contributed by atoms with E-state index in [0.717, 1.165) is 11.1 Å². The summed E-state index contributed by atoms with van der Waals surface area (Å²) in [7, 11) is 0. The van der Waals surface area contributed by atoms with E-state index >= 15 is 0 Å². The second kappa shape index (κ2) is 7.39. The molecule has 7 heteroatoms. The van der Waals surface area contributed by atoms with Gasteiger partial charge in [0, 0.05) is 21.8 Å². The molecule has 2 amide bonds. The van der Waals surface area contributed by atoms with Gasteiger partial charge in [-0.25, -0.2) is 4.39 Å². The van der Waals surface area contributed by atoms with Gasteiger partial charge in [-0.1, -0.05) is 53.6 Å². The van der Waals surface area contributed by atoms with Gasteiger partial charge in [0.15, 0.2) is 0 Å². The van der Waals surface area contributed by atoms with Gasteiger partial charge in [-0.2, -0.15) is 0 Å². The maximum atomic E-state index is 14.5. The summed E-state index contributed by atoms with van der Waals surface area (Å²) >= 11 is 7.55. The first-order chi connectivity index (χ1) is 14.9. The van der Waals surface area contributed by atoms with Crippen molar-refractivity contribution in [3.05, 3.63) is 94.3 Å². The zero-order chi connectivity index (χ0) is 21.8. The lowest BCUT2D eigenvalue weighted by atomic mass is 10.0. The highest BCUT2D eigenvalue weighted by Crippen LogP contribution is 2.56. The minimum absolute atomic E-state index is 0.0143. The number of hydrogen-bond acceptors (Lipinski definition) is 3. The molecule has 0 radical (unpaired) electrons. The van der Waals surface area contributed by atoms with Gasteiger partial charge in [-0.15, -0.1) is 11.8 Å². The third kappa shape index (κ3) is 2.97. The molecule has 0 aliphatic carbocycles. The molecule has 4 nitrogen and oxygen atoms in total. The summed E-state index contributed by atoms with van der Waals surface area (Å²) < 4.78 is 14.5. The quantitative estimate of drug-likeness (QED) is 0.543. The topological polar surface area (TPSA) is 40.6 Å². The Balaban J connectivity index is 1.65. The number of aryl methyl sites for hydroxylation is 1. The predicted octanol–water partition coefficient (Wildman–Crippen LogP) is 5.27. The van der Waals surface area contributed by atoms with Gasteiger partial charge >= 0.3 is 0 Å². The zero-order valence-electron chi connectivity index (χ0n) is 16.6. The maximum absolute atomic E-state index is 14.5. The number of carbonyl (C=O) groups is 2. The van der Waals surface area contributed by atoms with Crippen LogP contribution in [0.5, 0.6) is 0 Å². The van der Waals surface area contributed by atoms with Gasteiger partial charge in [0.05, 0.1) is 18.0 Å². The zero-order valence-corrected chi connectivity index (χ0v) is 18.2. The molecule has 156 valence electrons. The summed E-state index contributed by atoms with van der Waals surface area (Å²) in [6.07, 6.45) is 0. The molecular weight excluding hydrogens is 435 g/mol. The van der Waals surface area contributed by atoms with Gasteiger partial charge < -0.3 is 4.90 Å². The first-order valence-electron chi connectivity index (χ1n) is 9.81. The van der Waals surface area contributed by atoms with Crippen LogP contribution in [0, 0.1) is 12.7 Å². The summed E-state index contributed by atoms with van der Waals surface area (Å²) in [6, 6.07) is 19.4. The lowest BCUT2D eigenvalue weighted by Crippen LogP contribution is -2.49. The Morgan fingerprint density at radius 1 is 1.03 bits per heavy atom. The van der Waals surface area contributed by atoms with E-state index in [4.69, 9.17) is 11.6 Å². The molecule has 1 spiro atoms. The number of thioether (sulfide) groups is 1. The molecular formula is C24H18ClFN2O2S. The third-order valence-electron chi connectivity index (χ3n) is 5.73. The van der Waals surface area contributed by atoms with Crippen molar-refractivity contribution in [2.24, 2.45) is 0 Å². The number of halogens is 2. The molecule has 0 unspecified atom stereocenters. The van der Waals surface area contributed by atoms with Gasteiger partial charge in [0.25, 0.3) is 5.91 Å². The SMILES string of the molecule is Cc1ccc(N2C(=O)CS[C@]23C(=O)N(Cc2c(F)cccc2Cl)c2ccccc23)cc1. The van der Waals surface area contributed by atoms with Crippen LogP contribution in [0.1, 0.15) is 16.7 Å². The number of nitrogens with zero attached hydrogens (tertiary/aromatic N) is 2. The fourth-order valence-electron chi connectivity index (χ4n) is 4.25. The largest absolute Gasteiger partial charge is 0.304 e.